The second-order valence-corrected chi connectivity index (χ2v) is 11.7. The van der Waals surface area contributed by atoms with Crippen LogP contribution in [0.3, 0.4) is 0 Å². The van der Waals surface area contributed by atoms with E-state index >= 15 is 4.39 Å². The van der Waals surface area contributed by atoms with Gasteiger partial charge in [-0.3, -0.25) is 4.79 Å². The number of rotatable bonds is 9. The maximum atomic E-state index is 15.5. The van der Waals surface area contributed by atoms with Gasteiger partial charge in [0, 0.05) is 29.8 Å². The summed E-state index contributed by atoms with van der Waals surface area (Å²) in [5.41, 5.74) is 6.58. The summed E-state index contributed by atoms with van der Waals surface area (Å²) in [6.07, 6.45) is 6.19. The van der Waals surface area contributed by atoms with Gasteiger partial charge in [0.25, 0.3) is 5.91 Å². The van der Waals surface area contributed by atoms with Crippen LogP contribution >= 0.6 is 0 Å². The zero-order valence-electron chi connectivity index (χ0n) is 24.7. The van der Waals surface area contributed by atoms with Crippen molar-refractivity contribution in [2.75, 3.05) is 12.3 Å². The molecule has 1 aliphatic carbocycles. The van der Waals surface area contributed by atoms with Gasteiger partial charge < -0.3 is 20.7 Å². The summed E-state index contributed by atoms with van der Waals surface area (Å²) in [5, 5.41) is 18.3. The Labute approximate surface area is 257 Å². The summed E-state index contributed by atoms with van der Waals surface area (Å²) in [6, 6.07) is 9.33. The Balaban J connectivity index is 1.29. The van der Waals surface area contributed by atoms with Gasteiger partial charge in [-0.25, -0.2) is 23.4 Å². The van der Waals surface area contributed by atoms with Crippen molar-refractivity contribution in [2.45, 2.75) is 63.7 Å². The number of aromatic nitrogens is 4. The number of fused-ring (bicyclic) bond motifs is 1. The van der Waals surface area contributed by atoms with Crippen LogP contribution in [0.1, 0.15) is 39.5 Å². The average Bonchev–Trinajstić information content (AvgIpc) is 3.41. The largest absolute Gasteiger partial charge is 0.454 e. The molecule has 1 amide bonds. The fourth-order valence-corrected chi connectivity index (χ4v) is 5.89. The van der Waals surface area contributed by atoms with Crippen LogP contribution < -0.4 is 15.8 Å². The van der Waals surface area contributed by atoms with E-state index in [-0.39, 0.29) is 64.2 Å². The van der Waals surface area contributed by atoms with Gasteiger partial charge in [0.05, 0.1) is 18.0 Å². The fourth-order valence-electron chi connectivity index (χ4n) is 5.89. The van der Waals surface area contributed by atoms with E-state index in [0.29, 0.717) is 24.0 Å². The molecule has 2 fully saturated rings. The lowest BCUT2D eigenvalue weighted by Crippen LogP contribution is -2.40. The number of nitrogen functional groups attached to an aromatic ring is 1. The van der Waals surface area contributed by atoms with E-state index < -0.39 is 17.5 Å². The van der Waals surface area contributed by atoms with E-state index in [2.05, 4.69) is 26.5 Å². The predicted octanol–water partition coefficient (Wildman–Crippen LogP) is 5.26. The van der Waals surface area contributed by atoms with Crippen molar-refractivity contribution in [1.82, 2.24) is 30.0 Å². The molecule has 0 spiro atoms. The Morgan fingerprint density at radius 1 is 1.22 bits per heavy atom. The standard InChI is InChI=1S/C32H31F3N8O2/c1-18(2)40-32(10-11-32)14-19(15-36)31(44)42-12-4-5-20(42)16-43-30-26(29(37)38-17-39-30)28(41-43)22-9-8-21(13-24(22)34)45-25-7-3-6-23(33)27(25)35/h3,6-9,13-14,17-18,20,40H,4-5,10-12,16H2,1-2H3,(H2,37,38,39)/b19-14+/t20-/m0/s1. The summed E-state index contributed by atoms with van der Waals surface area (Å²) in [4.78, 5) is 23.7. The summed E-state index contributed by atoms with van der Waals surface area (Å²) in [6.45, 7) is 4.77. The van der Waals surface area contributed by atoms with Crippen molar-refractivity contribution in [3.05, 3.63) is 71.8 Å². The van der Waals surface area contributed by atoms with Crippen molar-refractivity contribution in [1.29, 1.82) is 5.26 Å². The lowest BCUT2D eigenvalue weighted by atomic mass is 10.1. The minimum atomic E-state index is -1.19. The number of carbonyl (C=O) groups is 1. The van der Waals surface area contributed by atoms with Gasteiger partial charge in [0.1, 0.15) is 41.0 Å². The third-order valence-electron chi connectivity index (χ3n) is 8.06. The first-order valence-corrected chi connectivity index (χ1v) is 14.7. The smallest absolute Gasteiger partial charge is 0.264 e. The van der Waals surface area contributed by atoms with E-state index in [1.807, 2.05) is 13.8 Å². The van der Waals surface area contributed by atoms with Crippen molar-refractivity contribution >= 4 is 22.8 Å². The molecule has 13 heteroatoms. The van der Waals surface area contributed by atoms with Crippen molar-refractivity contribution < 1.29 is 22.7 Å². The van der Waals surface area contributed by atoms with Crippen LogP contribution in [0.25, 0.3) is 22.3 Å². The highest BCUT2D eigenvalue weighted by molar-refractivity contribution is 5.99. The Morgan fingerprint density at radius 3 is 2.73 bits per heavy atom. The molecule has 0 unspecified atom stereocenters. The molecule has 2 aliphatic rings. The Bertz CT molecular complexity index is 1860. The molecular formula is C32H31F3N8O2. The Hall–Kier alpha value is -4.96. The van der Waals surface area contributed by atoms with E-state index in [9.17, 15) is 18.8 Å². The molecule has 10 nitrogen and oxygen atoms in total. The van der Waals surface area contributed by atoms with Gasteiger partial charge in [-0.1, -0.05) is 19.9 Å². The number of halogens is 3. The van der Waals surface area contributed by atoms with Crippen LogP contribution in [0.4, 0.5) is 19.0 Å². The normalized spacial score (nSPS) is 17.6. The number of benzene rings is 2. The van der Waals surface area contributed by atoms with Gasteiger partial charge in [-0.2, -0.15) is 14.8 Å². The van der Waals surface area contributed by atoms with Crippen LogP contribution in [0.5, 0.6) is 11.5 Å². The number of hydrogen-bond donors (Lipinski definition) is 2. The number of likely N-dealkylation sites (tertiary alicyclic amines) is 1. The molecule has 3 heterocycles. The number of nitrogens with one attached hydrogen (secondary N) is 1. The highest BCUT2D eigenvalue weighted by Crippen LogP contribution is 2.39. The molecular weight excluding hydrogens is 585 g/mol. The molecule has 1 saturated carbocycles. The number of amides is 1. The first kappa shape index (κ1) is 30.1. The molecule has 1 atom stereocenters. The lowest BCUT2D eigenvalue weighted by molar-refractivity contribution is -0.127. The predicted molar refractivity (Wildman–Crippen MR) is 160 cm³/mol. The van der Waals surface area contributed by atoms with Gasteiger partial charge in [-0.15, -0.1) is 0 Å². The molecule has 3 N–H and O–H groups in total. The number of nitrogens with two attached hydrogens (primary N) is 1. The van der Waals surface area contributed by atoms with E-state index in [4.69, 9.17) is 10.5 Å². The monoisotopic (exact) mass is 616 g/mol. The third-order valence-corrected chi connectivity index (χ3v) is 8.06. The zero-order valence-corrected chi connectivity index (χ0v) is 24.7. The van der Waals surface area contributed by atoms with Crippen LogP contribution in [-0.4, -0.2) is 54.7 Å². The Kier molecular flexibility index (Phi) is 7.92. The number of hydrogen-bond acceptors (Lipinski definition) is 8. The van der Waals surface area contributed by atoms with Gasteiger partial charge >= 0.3 is 0 Å². The summed E-state index contributed by atoms with van der Waals surface area (Å²) >= 11 is 0. The molecule has 0 bridgehead atoms. The highest BCUT2D eigenvalue weighted by atomic mass is 19.2. The highest BCUT2D eigenvalue weighted by Gasteiger charge is 2.42. The minimum Gasteiger partial charge on any atom is -0.454 e. The lowest BCUT2D eigenvalue weighted by Gasteiger charge is -2.25. The summed E-state index contributed by atoms with van der Waals surface area (Å²) < 4.78 is 50.2. The number of ether oxygens (including phenoxy) is 1. The van der Waals surface area contributed by atoms with Crippen molar-refractivity contribution in [3.8, 4) is 28.8 Å². The van der Waals surface area contributed by atoms with Crippen molar-refractivity contribution in [2.24, 2.45) is 0 Å². The average molecular weight is 617 g/mol. The van der Waals surface area contributed by atoms with Crippen LogP contribution in [0.15, 0.2) is 54.4 Å². The third kappa shape index (κ3) is 5.93. The summed E-state index contributed by atoms with van der Waals surface area (Å²) in [5.74, 6) is -3.70. The zero-order chi connectivity index (χ0) is 31.9. The van der Waals surface area contributed by atoms with Gasteiger partial charge in [0.2, 0.25) is 5.82 Å². The number of anilines is 1. The SMILES string of the molecule is CC(C)NC1(/C=C(\C#N)C(=O)N2CCC[C@H]2Cn2nc(-c3ccc(Oc4cccc(F)c4F)cc3F)c3c(N)ncnc32)CC1. The van der Waals surface area contributed by atoms with E-state index in [1.54, 1.807) is 15.7 Å². The molecule has 4 aromatic rings. The van der Waals surface area contributed by atoms with E-state index in [1.165, 1.54) is 30.6 Å². The molecule has 1 aliphatic heterocycles. The quantitative estimate of drug-likeness (QED) is 0.192. The topological polar surface area (TPSA) is 135 Å². The number of nitriles is 1. The molecule has 2 aromatic carbocycles. The second kappa shape index (κ2) is 11.9. The maximum absolute atomic E-state index is 15.5. The van der Waals surface area contributed by atoms with Crippen molar-refractivity contribution in [3.63, 3.8) is 0 Å². The summed E-state index contributed by atoms with van der Waals surface area (Å²) in [7, 11) is 0. The first-order valence-electron chi connectivity index (χ1n) is 14.7. The first-order chi connectivity index (χ1) is 21.6. The molecule has 6 rings (SSSR count). The number of carbonyl (C=O) groups excluding carboxylic acids is 1. The number of nitrogens with zero attached hydrogens (tertiary/aromatic N) is 6. The molecule has 1 saturated heterocycles. The van der Waals surface area contributed by atoms with Gasteiger partial charge in [0.15, 0.2) is 17.2 Å². The van der Waals surface area contributed by atoms with Gasteiger partial charge in [-0.05, 0) is 56.0 Å². The maximum Gasteiger partial charge on any atom is 0.264 e. The molecule has 0 radical (unpaired) electrons. The van der Waals surface area contributed by atoms with E-state index in [0.717, 1.165) is 31.4 Å². The van der Waals surface area contributed by atoms with Crippen LogP contribution in [-0.2, 0) is 11.3 Å². The molecule has 2 aromatic heterocycles. The minimum absolute atomic E-state index is 0.0493. The second-order valence-electron chi connectivity index (χ2n) is 11.7. The van der Waals surface area contributed by atoms with Crippen LogP contribution in [0.2, 0.25) is 0 Å². The fraction of sp³-hybridized carbons (Fsp3) is 0.344. The molecule has 45 heavy (non-hydrogen) atoms. The van der Waals surface area contributed by atoms with Crippen LogP contribution in [0, 0.1) is 28.8 Å². The molecule has 232 valence electrons. The Morgan fingerprint density at radius 2 is 2.02 bits per heavy atom.